The van der Waals surface area contributed by atoms with Gasteiger partial charge in [-0.2, -0.15) is 0 Å². The van der Waals surface area contributed by atoms with Crippen LogP contribution >= 0.6 is 35.3 Å². The summed E-state index contributed by atoms with van der Waals surface area (Å²) in [6, 6.07) is 13.5. The third kappa shape index (κ3) is 5.19. The van der Waals surface area contributed by atoms with Crippen molar-refractivity contribution < 1.29 is 15.3 Å². The normalized spacial score (nSPS) is 11.9. The van der Waals surface area contributed by atoms with Gasteiger partial charge in [-0.3, -0.25) is 0 Å². The van der Waals surface area contributed by atoms with Crippen molar-refractivity contribution in [2.45, 2.75) is 33.9 Å². The van der Waals surface area contributed by atoms with Crippen LogP contribution in [0.4, 0.5) is 5.69 Å². The summed E-state index contributed by atoms with van der Waals surface area (Å²) in [5.41, 5.74) is 1.12. The summed E-state index contributed by atoms with van der Waals surface area (Å²) in [5.74, 6) is 2.64. The first-order valence-electron chi connectivity index (χ1n) is 11.4. The van der Waals surface area contributed by atoms with Crippen molar-refractivity contribution in [3.8, 4) is 0 Å². The van der Waals surface area contributed by atoms with Crippen LogP contribution in [0.1, 0.15) is 19.3 Å². The smallest absolute Gasteiger partial charge is 0.0439 e. The lowest BCUT2D eigenvalue weighted by Crippen LogP contribution is -1.96. The zero-order chi connectivity index (χ0) is 23.2. The van der Waals surface area contributed by atoms with Gasteiger partial charge < -0.3 is 20.6 Å². The Morgan fingerprint density at radius 3 is 1.42 bits per heavy atom. The maximum Gasteiger partial charge on any atom is 0.0439 e. The van der Waals surface area contributed by atoms with Gasteiger partial charge in [0.1, 0.15) is 0 Å². The number of anilines is 1. The van der Waals surface area contributed by atoms with Gasteiger partial charge in [0.05, 0.1) is 0 Å². The molecule has 0 saturated heterocycles. The third-order valence-corrected chi connectivity index (χ3v) is 9.16. The van der Waals surface area contributed by atoms with Crippen LogP contribution < -0.4 is 5.32 Å². The van der Waals surface area contributed by atoms with Crippen LogP contribution in [0.3, 0.4) is 0 Å². The highest BCUT2D eigenvalue weighted by atomic mass is 32.2. The Morgan fingerprint density at radius 2 is 1.00 bits per heavy atom. The van der Waals surface area contributed by atoms with Crippen LogP contribution in [-0.2, 0) is 0 Å². The van der Waals surface area contributed by atoms with E-state index in [9.17, 15) is 15.3 Å². The average molecular weight is 502 g/mol. The quantitative estimate of drug-likeness (QED) is 0.101. The summed E-state index contributed by atoms with van der Waals surface area (Å²) in [7, 11) is 1.97. The molecule has 4 rings (SSSR count). The Balaban J connectivity index is 1.96. The molecule has 0 unspecified atom stereocenters. The molecule has 0 radical (unpaired) electrons. The minimum absolute atomic E-state index is 0.205. The molecule has 4 aromatic rings. The second-order valence-corrected chi connectivity index (χ2v) is 11.3. The van der Waals surface area contributed by atoms with Gasteiger partial charge in [0.25, 0.3) is 0 Å². The zero-order valence-electron chi connectivity index (χ0n) is 18.9. The molecule has 33 heavy (non-hydrogen) atoms. The van der Waals surface area contributed by atoms with E-state index in [0.717, 1.165) is 42.2 Å². The van der Waals surface area contributed by atoms with Crippen molar-refractivity contribution in [3.63, 3.8) is 0 Å². The Morgan fingerprint density at radius 1 is 0.606 bits per heavy atom. The number of hydrogen-bond acceptors (Lipinski definition) is 7. The SMILES string of the molecule is CNc1cc(SCCCO)c2ccc3c(SCCCO)cc(SCCCO)c4ccc1c2c43. The second kappa shape index (κ2) is 11.9. The van der Waals surface area contributed by atoms with Crippen molar-refractivity contribution in [3.05, 3.63) is 36.4 Å². The minimum atomic E-state index is 0.205. The van der Waals surface area contributed by atoms with Crippen molar-refractivity contribution in [2.24, 2.45) is 0 Å². The lowest BCUT2D eigenvalue weighted by atomic mass is 9.93. The van der Waals surface area contributed by atoms with E-state index in [1.165, 1.54) is 47.0 Å². The molecule has 0 amide bonds. The van der Waals surface area contributed by atoms with Crippen molar-refractivity contribution in [2.75, 3.05) is 49.4 Å². The van der Waals surface area contributed by atoms with E-state index in [1.807, 2.05) is 30.6 Å². The van der Waals surface area contributed by atoms with Crippen LogP contribution in [0.25, 0.3) is 32.3 Å². The van der Waals surface area contributed by atoms with Crippen LogP contribution in [0.5, 0.6) is 0 Å². The molecule has 0 spiro atoms. The molecule has 4 aromatic carbocycles. The van der Waals surface area contributed by atoms with E-state index < -0.39 is 0 Å². The lowest BCUT2D eigenvalue weighted by molar-refractivity contribution is 0.296. The van der Waals surface area contributed by atoms with Crippen molar-refractivity contribution in [1.82, 2.24) is 0 Å². The first-order chi connectivity index (χ1) is 16.2. The topological polar surface area (TPSA) is 72.7 Å². The molecule has 7 heteroatoms. The molecule has 0 saturated carbocycles. The van der Waals surface area contributed by atoms with Gasteiger partial charge in [-0.1, -0.05) is 24.3 Å². The molecule has 4 nitrogen and oxygen atoms in total. The molecule has 0 aliphatic rings. The monoisotopic (exact) mass is 501 g/mol. The third-order valence-electron chi connectivity index (χ3n) is 5.73. The number of benzene rings is 4. The Kier molecular flexibility index (Phi) is 8.91. The van der Waals surface area contributed by atoms with Crippen molar-refractivity contribution in [1.29, 1.82) is 0 Å². The first-order valence-corrected chi connectivity index (χ1v) is 14.4. The molecular formula is C26H31NO3S3. The fourth-order valence-corrected chi connectivity index (χ4v) is 7.34. The maximum absolute atomic E-state index is 9.29. The molecular weight excluding hydrogens is 470 g/mol. The molecule has 176 valence electrons. The largest absolute Gasteiger partial charge is 0.396 e. The van der Waals surface area contributed by atoms with E-state index in [2.05, 4.69) is 41.7 Å². The fourth-order valence-electron chi connectivity index (χ4n) is 4.20. The molecule has 0 aliphatic heterocycles. The van der Waals surface area contributed by atoms with Crippen LogP contribution in [0.15, 0.2) is 51.1 Å². The Labute approximate surface area is 207 Å². The van der Waals surface area contributed by atoms with E-state index in [4.69, 9.17) is 0 Å². The van der Waals surface area contributed by atoms with E-state index in [-0.39, 0.29) is 19.8 Å². The van der Waals surface area contributed by atoms with Gasteiger partial charge in [-0.15, -0.1) is 35.3 Å². The molecule has 0 atom stereocenters. The molecule has 0 bridgehead atoms. The first kappa shape index (κ1) is 24.8. The molecule has 0 aromatic heterocycles. The molecule has 0 fully saturated rings. The van der Waals surface area contributed by atoms with Crippen LogP contribution in [-0.4, -0.2) is 59.4 Å². The Hall–Kier alpha value is -1.35. The van der Waals surface area contributed by atoms with Crippen molar-refractivity contribution >= 4 is 73.3 Å². The summed E-state index contributed by atoms with van der Waals surface area (Å²) in [5, 5.41) is 38.8. The zero-order valence-corrected chi connectivity index (χ0v) is 21.3. The summed E-state index contributed by atoms with van der Waals surface area (Å²) >= 11 is 5.42. The molecule has 0 aliphatic carbocycles. The summed E-state index contributed by atoms with van der Waals surface area (Å²) in [4.78, 5) is 3.74. The number of aliphatic hydroxyl groups excluding tert-OH is 3. The van der Waals surface area contributed by atoms with E-state index >= 15 is 0 Å². The van der Waals surface area contributed by atoms with E-state index in [1.54, 1.807) is 11.8 Å². The predicted molar refractivity (Wildman–Crippen MR) is 147 cm³/mol. The van der Waals surface area contributed by atoms with Gasteiger partial charge in [0, 0.05) is 75.3 Å². The summed E-state index contributed by atoms with van der Waals surface area (Å²) in [6.07, 6.45) is 2.32. The van der Waals surface area contributed by atoms with E-state index in [0.29, 0.717) is 0 Å². The predicted octanol–water partition coefficient (Wildman–Crippen LogP) is 6.05. The van der Waals surface area contributed by atoms with Gasteiger partial charge in [-0.25, -0.2) is 0 Å². The van der Waals surface area contributed by atoms with Gasteiger partial charge in [-0.05, 0) is 52.9 Å². The fraction of sp³-hybridized carbons (Fsp3) is 0.385. The number of thioether (sulfide) groups is 3. The Bertz CT molecular complexity index is 1180. The van der Waals surface area contributed by atoms with Crippen LogP contribution in [0.2, 0.25) is 0 Å². The number of nitrogens with one attached hydrogen (secondary N) is 1. The summed E-state index contributed by atoms with van der Waals surface area (Å²) < 4.78 is 0. The highest BCUT2D eigenvalue weighted by Gasteiger charge is 2.18. The number of aliphatic hydroxyl groups is 3. The minimum Gasteiger partial charge on any atom is -0.396 e. The number of rotatable bonds is 13. The standard InChI is InChI=1S/C26H31NO3S3/c1-27-21-15-22(31-12-2-9-28)18-7-8-20-24(33-14-4-11-30)16-23(32-13-3-10-29)19-6-5-17(21)25(18)26(19)20/h5-8,15-16,27-30H,2-4,9-14H2,1H3. The maximum atomic E-state index is 9.29. The highest BCUT2D eigenvalue weighted by Crippen LogP contribution is 2.47. The number of hydrogen-bond donors (Lipinski definition) is 4. The molecule has 0 heterocycles. The van der Waals surface area contributed by atoms with Gasteiger partial charge in [0.15, 0.2) is 0 Å². The lowest BCUT2D eigenvalue weighted by Gasteiger charge is -2.20. The van der Waals surface area contributed by atoms with Gasteiger partial charge >= 0.3 is 0 Å². The summed E-state index contributed by atoms with van der Waals surface area (Å²) in [6.45, 7) is 0.619. The van der Waals surface area contributed by atoms with Crippen LogP contribution in [0, 0.1) is 0 Å². The highest BCUT2D eigenvalue weighted by molar-refractivity contribution is 8.00. The molecule has 4 N–H and O–H groups in total. The average Bonchev–Trinajstić information content (AvgIpc) is 2.84. The second-order valence-electron chi connectivity index (χ2n) is 7.89. The van der Waals surface area contributed by atoms with Gasteiger partial charge in [0.2, 0.25) is 0 Å².